The van der Waals surface area contributed by atoms with Crippen molar-refractivity contribution in [3.05, 3.63) is 45.6 Å². The predicted octanol–water partition coefficient (Wildman–Crippen LogP) is 3.99. The highest BCUT2D eigenvalue weighted by atomic mass is 32.1. The number of piperidine rings is 1. The Morgan fingerprint density at radius 3 is 3.15 bits per heavy atom. The summed E-state index contributed by atoms with van der Waals surface area (Å²) in [5.74, 6) is 1.27. The minimum absolute atomic E-state index is 0.000656. The van der Waals surface area contributed by atoms with Crippen LogP contribution < -0.4 is 5.32 Å². The quantitative estimate of drug-likeness (QED) is 0.711. The summed E-state index contributed by atoms with van der Waals surface area (Å²) in [6, 6.07) is 4.14. The van der Waals surface area contributed by atoms with E-state index in [0.717, 1.165) is 45.7 Å². The van der Waals surface area contributed by atoms with Crippen molar-refractivity contribution in [2.24, 2.45) is 0 Å². The van der Waals surface area contributed by atoms with Gasteiger partial charge in [-0.3, -0.25) is 0 Å². The number of thiophene rings is 1. The zero-order chi connectivity index (χ0) is 17.9. The van der Waals surface area contributed by atoms with E-state index in [1.165, 1.54) is 0 Å². The lowest BCUT2D eigenvalue weighted by molar-refractivity contribution is 0.178. The van der Waals surface area contributed by atoms with Crippen molar-refractivity contribution in [2.75, 3.05) is 13.1 Å². The molecule has 1 unspecified atom stereocenters. The molecule has 1 aliphatic heterocycles. The van der Waals surface area contributed by atoms with Crippen molar-refractivity contribution in [3.8, 4) is 10.6 Å². The third-order valence-corrected chi connectivity index (χ3v) is 6.44. The third kappa shape index (κ3) is 3.81. The van der Waals surface area contributed by atoms with Crippen LogP contribution in [0.4, 0.5) is 4.79 Å². The van der Waals surface area contributed by atoms with Crippen LogP contribution in [0.3, 0.4) is 0 Å². The maximum absolute atomic E-state index is 12.5. The van der Waals surface area contributed by atoms with Crippen LogP contribution >= 0.6 is 22.7 Å². The number of aromatic nitrogens is 3. The first kappa shape index (κ1) is 17.2. The topological polar surface area (TPSA) is 73.9 Å². The molecule has 4 heterocycles. The molecule has 1 aliphatic rings. The van der Waals surface area contributed by atoms with Crippen molar-refractivity contribution < 1.29 is 4.79 Å². The van der Waals surface area contributed by atoms with Crippen LogP contribution in [0.5, 0.6) is 0 Å². The molecule has 0 spiro atoms. The van der Waals surface area contributed by atoms with Gasteiger partial charge < -0.3 is 15.2 Å². The summed E-state index contributed by atoms with van der Waals surface area (Å²) >= 11 is 3.34. The molecule has 2 N–H and O–H groups in total. The number of urea groups is 1. The molecule has 26 heavy (non-hydrogen) atoms. The van der Waals surface area contributed by atoms with Gasteiger partial charge in [0.1, 0.15) is 5.82 Å². The summed E-state index contributed by atoms with van der Waals surface area (Å²) in [5, 5.41) is 6.20. The molecule has 6 nitrogen and oxygen atoms in total. The van der Waals surface area contributed by atoms with Crippen molar-refractivity contribution in [1.82, 2.24) is 25.2 Å². The number of carbonyl (C=O) groups excluding carboxylic acids is 1. The third-order valence-electron chi connectivity index (χ3n) is 4.56. The summed E-state index contributed by atoms with van der Waals surface area (Å²) in [6.45, 7) is 4.08. The van der Waals surface area contributed by atoms with Gasteiger partial charge in [0, 0.05) is 41.7 Å². The summed E-state index contributed by atoms with van der Waals surface area (Å²) in [6.07, 6.45) is 5.68. The number of amides is 2. The van der Waals surface area contributed by atoms with E-state index in [1.54, 1.807) is 28.9 Å². The number of rotatable bonds is 4. The fourth-order valence-corrected chi connectivity index (χ4v) is 4.84. The molecule has 0 aromatic carbocycles. The number of nitrogens with one attached hydrogen (secondary N) is 2. The molecule has 2 amide bonds. The zero-order valence-electron chi connectivity index (χ0n) is 14.6. The van der Waals surface area contributed by atoms with Gasteiger partial charge in [-0.2, -0.15) is 0 Å². The average Bonchev–Trinajstić information content (AvgIpc) is 3.41. The lowest BCUT2D eigenvalue weighted by Gasteiger charge is -2.31. The highest BCUT2D eigenvalue weighted by Gasteiger charge is 2.26. The van der Waals surface area contributed by atoms with Crippen LogP contribution in [0.15, 0.2) is 29.9 Å². The second kappa shape index (κ2) is 7.59. The zero-order valence-corrected chi connectivity index (χ0v) is 16.2. The van der Waals surface area contributed by atoms with E-state index in [9.17, 15) is 4.79 Å². The molecule has 3 aromatic rings. The van der Waals surface area contributed by atoms with Crippen LogP contribution in [-0.4, -0.2) is 39.0 Å². The van der Waals surface area contributed by atoms with Crippen LogP contribution in [0.2, 0.25) is 0 Å². The standard InChI is InChI=1S/C18H21N5OS2/c1-12-22-15(11-25-12)16-5-4-14(26-16)9-21-18(24)23-8-2-3-13(10-23)17-19-6-7-20-17/h4-7,11,13H,2-3,8-10H2,1H3,(H,19,20)(H,21,24). The van der Waals surface area contributed by atoms with Crippen molar-refractivity contribution in [2.45, 2.75) is 32.2 Å². The Labute approximate surface area is 160 Å². The minimum atomic E-state index is 0.000656. The number of H-pyrrole nitrogens is 1. The van der Waals surface area contributed by atoms with Crippen LogP contribution in [0, 0.1) is 6.92 Å². The summed E-state index contributed by atoms with van der Waals surface area (Å²) in [5.41, 5.74) is 1.02. The molecule has 136 valence electrons. The fraction of sp³-hybridized carbons (Fsp3) is 0.389. The monoisotopic (exact) mass is 387 g/mol. The van der Waals surface area contributed by atoms with Crippen LogP contribution in [-0.2, 0) is 6.54 Å². The minimum Gasteiger partial charge on any atom is -0.348 e. The lowest BCUT2D eigenvalue weighted by atomic mass is 9.98. The number of likely N-dealkylation sites (tertiary alicyclic amines) is 1. The number of carbonyl (C=O) groups is 1. The summed E-state index contributed by atoms with van der Waals surface area (Å²) in [7, 11) is 0. The van der Waals surface area contributed by atoms with Gasteiger partial charge in [-0.1, -0.05) is 0 Å². The molecule has 0 aliphatic carbocycles. The van der Waals surface area contributed by atoms with Gasteiger partial charge in [0.25, 0.3) is 0 Å². The molecular weight excluding hydrogens is 366 g/mol. The number of aromatic amines is 1. The molecule has 4 rings (SSSR count). The first-order valence-corrected chi connectivity index (χ1v) is 10.4. The van der Waals surface area contributed by atoms with E-state index < -0.39 is 0 Å². The van der Waals surface area contributed by atoms with E-state index in [4.69, 9.17) is 0 Å². The Hall–Kier alpha value is -2.19. The number of hydrogen-bond acceptors (Lipinski definition) is 5. The van der Waals surface area contributed by atoms with Gasteiger partial charge in [0.05, 0.1) is 22.1 Å². The largest absolute Gasteiger partial charge is 0.348 e. The predicted molar refractivity (Wildman–Crippen MR) is 105 cm³/mol. The molecule has 0 saturated carbocycles. The van der Waals surface area contributed by atoms with Crippen LogP contribution in [0.1, 0.15) is 34.5 Å². The van der Waals surface area contributed by atoms with Gasteiger partial charge in [-0.25, -0.2) is 14.8 Å². The molecule has 8 heteroatoms. The van der Waals surface area contributed by atoms with E-state index in [1.807, 2.05) is 18.0 Å². The Balaban J connectivity index is 1.33. The first-order valence-electron chi connectivity index (χ1n) is 8.72. The van der Waals surface area contributed by atoms with Crippen LogP contribution in [0.25, 0.3) is 10.6 Å². The van der Waals surface area contributed by atoms with E-state index in [-0.39, 0.29) is 6.03 Å². The maximum atomic E-state index is 12.5. The normalized spacial score (nSPS) is 17.4. The van der Waals surface area contributed by atoms with Gasteiger partial charge in [-0.15, -0.1) is 22.7 Å². The number of imidazole rings is 1. The highest BCUT2D eigenvalue weighted by Crippen LogP contribution is 2.29. The van der Waals surface area contributed by atoms with Gasteiger partial charge in [0.2, 0.25) is 0 Å². The highest BCUT2D eigenvalue weighted by molar-refractivity contribution is 7.16. The van der Waals surface area contributed by atoms with Crippen molar-refractivity contribution in [1.29, 1.82) is 0 Å². The average molecular weight is 388 g/mol. The molecule has 1 fully saturated rings. The molecular formula is C18H21N5OS2. The maximum Gasteiger partial charge on any atom is 0.317 e. The Morgan fingerprint density at radius 1 is 1.46 bits per heavy atom. The first-order chi connectivity index (χ1) is 12.7. The second-order valence-electron chi connectivity index (χ2n) is 6.44. The van der Waals surface area contributed by atoms with E-state index in [2.05, 4.69) is 37.8 Å². The lowest BCUT2D eigenvalue weighted by Crippen LogP contribution is -2.44. The SMILES string of the molecule is Cc1nc(-c2ccc(CNC(=O)N3CCCC(c4ncc[nH]4)C3)s2)cs1. The second-order valence-corrected chi connectivity index (χ2v) is 8.67. The smallest absolute Gasteiger partial charge is 0.317 e. The number of aryl methyl sites for hydroxylation is 1. The Morgan fingerprint density at radius 2 is 2.38 bits per heavy atom. The Bertz CT molecular complexity index is 870. The number of thiazole rings is 1. The van der Waals surface area contributed by atoms with Gasteiger partial charge >= 0.3 is 6.03 Å². The molecule has 1 saturated heterocycles. The fourth-order valence-electron chi connectivity index (χ4n) is 3.25. The number of hydrogen-bond donors (Lipinski definition) is 2. The summed E-state index contributed by atoms with van der Waals surface area (Å²) < 4.78 is 0. The Kier molecular flexibility index (Phi) is 5.03. The van der Waals surface area contributed by atoms with Gasteiger partial charge in [-0.05, 0) is 31.9 Å². The van der Waals surface area contributed by atoms with Crippen molar-refractivity contribution >= 4 is 28.7 Å². The van der Waals surface area contributed by atoms with E-state index >= 15 is 0 Å². The molecule has 0 radical (unpaired) electrons. The molecule has 3 aromatic heterocycles. The summed E-state index contributed by atoms with van der Waals surface area (Å²) in [4.78, 5) is 28.8. The van der Waals surface area contributed by atoms with Gasteiger partial charge in [0.15, 0.2) is 0 Å². The van der Waals surface area contributed by atoms with Crippen molar-refractivity contribution in [3.63, 3.8) is 0 Å². The molecule has 0 bridgehead atoms. The van der Waals surface area contributed by atoms with E-state index in [0.29, 0.717) is 19.0 Å². The number of nitrogens with zero attached hydrogens (tertiary/aromatic N) is 3. The molecule has 1 atom stereocenters.